The van der Waals surface area contributed by atoms with Crippen LogP contribution in [-0.2, 0) is 0 Å². The number of likely N-dealkylation sites (tertiary alicyclic amines) is 1. The van der Waals surface area contributed by atoms with Crippen molar-refractivity contribution in [2.45, 2.75) is 12.5 Å². The fraction of sp³-hybridized carbons (Fsp3) is 0.412. The number of hydrogen-bond donors (Lipinski definition) is 1. The highest BCUT2D eigenvalue weighted by molar-refractivity contribution is 5.93. The fourth-order valence-electron chi connectivity index (χ4n) is 3.52. The van der Waals surface area contributed by atoms with Gasteiger partial charge < -0.3 is 19.5 Å². The molecule has 4 rings (SSSR count). The van der Waals surface area contributed by atoms with Crippen molar-refractivity contribution in [3.05, 3.63) is 36.0 Å². The average molecular weight is 313 g/mol. The Morgan fingerprint density at radius 3 is 2.96 bits per heavy atom. The Labute approximate surface area is 134 Å². The minimum atomic E-state index is -0.0373. The molecule has 0 unspecified atom stereocenters. The van der Waals surface area contributed by atoms with E-state index in [1.54, 1.807) is 13.2 Å². The molecule has 0 spiro atoms. The summed E-state index contributed by atoms with van der Waals surface area (Å²) in [4.78, 5) is 14.6. The van der Waals surface area contributed by atoms with Crippen LogP contribution in [0.1, 0.15) is 16.9 Å². The molecule has 2 aliphatic rings. The van der Waals surface area contributed by atoms with Crippen LogP contribution in [0.15, 0.2) is 34.9 Å². The second-order valence-corrected chi connectivity index (χ2v) is 6.08. The molecule has 0 aliphatic carbocycles. The SMILES string of the molecule is COc1ccc(-c2cc(C(=O)N3CC[C@@H]4CNC[C@@H]43)no2)cc1. The van der Waals surface area contributed by atoms with Gasteiger partial charge in [-0.2, -0.15) is 0 Å². The monoisotopic (exact) mass is 313 g/mol. The van der Waals surface area contributed by atoms with Gasteiger partial charge in [-0.05, 0) is 36.6 Å². The van der Waals surface area contributed by atoms with Crippen LogP contribution in [0.25, 0.3) is 11.3 Å². The zero-order chi connectivity index (χ0) is 15.8. The lowest BCUT2D eigenvalue weighted by Crippen LogP contribution is -2.39. The van der Waals surface area contributed by atoms with Crippen molar-refractivity contribution in [2.24, 2.45) is 5.92 Å². The van der Waals surface area contributed by atoms with Crippen LogP contribution < -0.4 is 10.1 Å². The van der Waals surface area contributed by atoms with Crippen molar-refractivity contribution in [3.8, 4) is 17.1 Å². The van der Waals surface area contributed by atoms with Gasteiger partial charge in [0.2, 0.25) is 0 Å². The topological polar surface area (TPSA) is 67.6 Å². The van der Waals surface area contributed by atoms with E-state index in [4.69, 9.17) is 9.26 Å². The van der Waals surface area contributed by atoms with E-state index in [1.165, 1.54) is 0 Å². The lowest BCUT2D eigenvalue weighted by Gasteiger charge is -2.21. The van der Waals surface area contributed by atoms with Gasteiger partial charge in [-0.1, -0.05) is 5.16 Å². The third-order valence-corrected chi connectivity index (χ3v) is 4.81. The molecular weight excluding hydrogens is 294 g/mol. The number of amides is 1. The Morgan fingerprint density at radius 1 is 1.35 bits per heavy atom. The summed E-state index contributed by atoms with van der Waals surface area (Å²) in [6, 6.07) is 9.51. The first-order valence-electron chi connectivity index (χ1n) is 7.89. The summed E-state index contributed by atoms with van der Waals surface area (Å²) in [6.07, 6.45) is 1.06. The normalized spacial score (nSPS) is 23.1. The molecular formula is C17H19N3O3. The molecule has 120 valence electrons. The van der Waals surface area contributed by atoms with Crippen molar-refractivity contribution < 1.29 is 14.1 Å². The van der Waals surface area contributed by atoms with Gasteiger partial charge in [-0.15, -0.1) is 0 Å². The van der Waals surface area contributed by atoms with E-state index >= 15 is 0 Å². The molecule has 0 bridgehead atoms. The molecule has 1 amide bonds. The molecule has 0 radical (unpaired) electrons. The maximum absolute atomic E-state index is 12.7. The average Bonchev–Trinajstić information content (AvgIpc) is 3.30. The highest BCUT2D eigenvalue weighted by Crippen LogP contribution is 2.29. The van der Waals surface area contributed by atoms with Crippen LogP contribution in [-0.4, -0.2) is 48.7 Å². The predicted molar refractivity (Wildman–Crippen MR) is 84.3 cm³/mol. The number of carbonyl (C=O) groups is 1. The molecule has 2 fully saturated rings. The number of fused-ring (bicyclic) bond motifs is 1. The zero-order valence-corrected chi connectivity index (χ0v) is 13.0. The van der Waals surface area contributed by atoms with Crippen molar-refractivity contribution >= 4 is 5.91 Å². The van der Waals surface area contributed by atoms with Gasteiger partial charge in [0.05, 0.1) is 7.11 Å². The molecule has 1 N–H and O–H groups in total. The third kappa shape index (κ3) is 2.49. The number of ether oxygens (including phenoxy) is 1. The smallest absolute Gasteiger partial charge is 0.276 e. The molecule has 2 aliphatic heterocycles. The molecule has 6 heteroatoms. The summed E-state index contributed by atoms with van der Waals surface area (Å²) in [5.74, 6) is 1.91. The number of hydrogen-bond acceptors (Lipinski definition) is 5. The first kappa shape index (κ1) is 14.3. The number of rotatable bonds is 3. The van der Waals surface area contributed by atoms with E-state index < -0.39 is 0 Å². The first-order valence-corrected chi connectivity index (χ1v) is 7.89. The van der Waals surface area contributed by atoms with Gasteiger partial charge in [0.1, 0.15) is 5.75 Å². The van der Waals surface area contributed by atoms with E-state index in [2.05, 4.69) is 10.5 Å². The molecule has 2 aromatic rings. The molecule has 2 saturated heterocycles. The number of carbonyl (C=O) groups excluding carboxylic acids is 1. The fourth-order valence-corrected chi connectivity index (χ4v) is 3.52. The van der Waals surface area contributed by atoms with Crippen LogP contribution in [0.4, 0.5) is 0 Å². The number of benzene rings is 1. The van der Waals surface area contributed by atoms with E-state index in [0.29, 0.717) is 23.4 Å². The summed E-state index contributed by atoms with van der Waals surface area (Å²) in [6.45, 7) is 2.69. The Balaban J connectivity index is 1.54. The second kappa shape index (κ2) is 5.70. The Hall–Kier alpha value is -2.34. The zero-order valence-electron chi connectivity index (χ0n) is 13.0. The Kier molecular flexibility index (Phi) is 3.53. The summed E-state index contributed by atoms with van der Waals surface area (Å²) >= 11 is 0. The second-order valence-electron chi connectivity index (χ2n) is 6.08. The van der Waals surface area contributed by atoms with E-state index in [-0.39, 0.29) is 5.91 Å². The Bertz CT molecular complexity index is 710. The quantitative estimate of drug-likeness (QED) is 0.935. The summed E-state index contributed by atoms with van der Waals surface area (Å²) < 4.78 is 10.5. The van der Waals surface area contributed by atoms with Crippen LogP contribution in [0, 0.1) is 5.92 Å². The highest BCUT2D eigenvalue weighted by atomic mass is 16.5. The highest BCUT2D eigenvalue weighted by Gasteiger charge is 2.40. The van der Waals surface area contributed by atoms with Crippen molar-refractivity contribution in [1.82, 2.24) is 15.4 Å². The summed E-state index contributed by atoms with van der Waals surface area (Å²) in [7, 11) is 1.63. The van der Waals surface area contributed by atoms with Gasteiger partial charge >= 0.3 is 0 Å². The number of aromatic nitrogens is 1. The van der Waals surface area contributed by atoms with E-state index in [0.717, 1.165) is 37.4 Å². The maximum Gasteiger partial charge on any atom is 0.276 e. The van der Waals surface area contributed by atoms with Gasteiger partial charge in [0.15, 0.2) is 11.5 Å². The first-order chi connectivity index (χ1) is 11.3. The molecule has 2 atom stereocenters. The number of methoxy groups -OCH3 is 1. The standard InChI is InChI=1S/C17H19N3O3/c1-22-13-4-2-11(3-5-13)16-8-14(19-23-16)17(21)20-7-6-12-9-18-10-15(12)20/h2-5,8,12,15,18H,6-7,9-10H2,1H3/t12-,15+/m1/s1. The predicted octanol–water partition coefficient (Wildman–Crippen LogP) is 1.78. The summed E-state index contributed by atoms with van der Waals surface area (Å²) in [5, 5.41) is 7.33. The molecule has 3 heterocycles. The van der Waals surface area contributed by atoms with Gasteiger partial charge in [-0.3, -0.25) is 4.79 Å². The molecule has 1 aromatic heterocycles. The van der Waals surface area contributed by atoms with E-state index in [1.807, 2.05) is 29.2 Å². The van der Waals surface area contributed by atoms with Crippen molar-refractivity contribution in [3.63, 3.8) is 0 Å². The largest absolute Gasteiger partial charge is 0.497 e. The maximum atomic E-state index is 12.7. The molecule has 23 heavy (non-hydrogen) atoms. The molecule has 6 nitrogen and oxygen atoms in total. The lowest BCUT2D eigenvalue weighted by atomic mass is 10.1. The number of nitrogens with one attached hydrogen (secondary N) is 1. The van der Waals surface area contributed by atoms with E-state index in [9.17, 15) is 4.79 Å². The van der Waals surface area contributed by atoms with Gasteiger partial charge in [-0.25, -0.2) is 0 Å². The summed E-state index contributed by atoms with van der Waals surface area (Å²) in [5.41, 5.74) is 1.25. The van der Waals surface area contributed by atoms with Crippen LogP contribution in [0.2, 0.25) is 0 Å². The third-order valence-electron chi connectivity index (χ3n) is 4.81. The van der Waals surface area contributed by atoms with Crippen molar-refractivity contribution in [1.29, 1.82) is 0 Å². The lowest BCUT2D eigenvalue weighted by molar-refractivity contribution is 0.0726. The van der Waals surface area contributed by atoms with Crippen LogP contribution >= 0.6 is 0 Å². The Morgan fingerprint density at radius 2 is 2.17 bits per heavy atom. The van der Waals surface area contributed by atoms with Crippen LogP contribution in [0.5, 0.6) is 5.75 Å². The molecule has 0 saturated carbocycles. The minimum absolute atomic E-state index is 0.0373. The minimum Gasteiger partial charge on any atom is -0.497 e. The van der Waals surface area contributed by atoms with Gasteiger partial charge in [0, 0.05) is 37.3 Å². The van der Waals surface area contributed by atoms with Crippen molar-refractivity contribution in [2.75, 3.05) is 26.7 Å². The van der Waals surface area contributed by atoms with Crippen LogP contribution in [0.3, 0.4) is 0 Å². The number of nitrogens with zero attached hydrogens (tertiary/aromatic N) is 2. The van der Waals surface area contributed by atoms with Gasteiger partial charge in [0.25, 0.3) is 5.91 Å². The molecule has 1 aromatic carbocycles.